The van der Waals surface area contributed by atoms with E-state index >= 15 is 0 Å². The van der Waals surface area contributed by atoms with Gasteiger partial charge in [-0.15, -0.1) is 0 Å². The standard InChI is InChI=1S/C10H10N2O4.2C3H8/c13-7-3-1-4-6(10(16)12-8(4)14)2-5(3)9(15)11-7;2*1-3-2/h3-6H,1-2H2,(H,11,13,15)(H,12,14,16);2*3H2,1-2H3. The number of hydrogen-bond donors (Lipinski definition) is 2. The first-order valence-corrected chi connectivity index (χ1v) is 8.10. The predicted octanol–water partition coefficient (Wildman–Crippen LogP) is 1.39. The highest BCUT2D eigenvalue weighted by atomic mass is 16.2. The van der Waals surface area contributed by atoms with Gasteiger partial charge in [-0.2, -0.15) is 0 Å². The van der Waals surface area contributed by atoms with Crippen molar-refractivity contribution in [1.82, 2.24) is 10.6 Å². The molecule has 2 N–H and O–H groups in total. The molecule has 6 heteroatoms. The molecule has 0 bridgehead atoms. The molecule has 1 saturated carbocycles. The lowest BCUT2D eigenvalue weighted by Gasteiger charge is -2.28. The summed E-state index contributed by atoms with van der Waals surface area (Å²) in [5.74, 6) is -2.92. The number of hydrogen-bond acceptors (Lipinski definition) is 4. The van der Waals surface area contributed by atoms with Gasteiger partial charge in [0.2, 0.25) is 23.6 Å². The molecule has 4 atom stereocenters. The molecular weight excluding hydrogens is 284 g/mol. The average molecular weight is 310 g/mol. The molecule has 0 aromatic rings. The Morgan fingerprint density at radius 3 is 1.00 bits per heavy atom. The van der Waals surface area contributed by atoms with Crippen LogP contribution in [0.1, 0.15) is 53.4 Å². The minimum atomic E-state index is -0.426. The van der Waals surface area contributed by atoms with E-state index < -0.39 is 23.7 Å². The Balaban J connectivity index is 0.000000353. The summed E-state index contributed by atoms with van der Waals surface area (Å²) in [6.45, 7) is 8.50. The minimum absolute atomic E-state index is 0.305. The lowest BCUT2D eigenvalue weighted by molar-refractivity contribution is -0.129. The normalized spacial score (nSPS) is 31.8. The Morgan fingerprint density at radius 1 is 0.636 bits per heavy atom. The highest BCUT2D eigenvalue weighted by Gasteiger charge is 2.54. The smallest absolute Gasteiger partial charge is 0.230 e. The Morgan fingerprint density at radius 2 is 0.818 bits per heavy atom. The van der Waals surface area contributed by atoms with Crippen molar-refractivity contribution in [2.75, 3.05) is 0 Å². The Labute approximate surface area is 131 Å². The second-order valence-corrected chi connectivity index (χ2v) is 6.02. The van der Waals surface area contributed by atoms with Crippen LogP contribution in [0.25, 0.3) is 0 Å². The first kappa shape index (κ1) is 18.3. The van der Waals surface area contributed by atoms with Crippen LogP contribution in [0.3, 0.4) is 0 Å². The van der Waals surface area contributed by atoms with E-state index in [0.29, 0.717) is 12.8 Å². The van der Waals surface area contributed by atoms with Crippen LogP contribution in [-0.4, -0.2) is 23.6 Å². The first-order chi connectivity index (χ1) is 10.4. The zero-order valence-corrected chi connectivity index (χ0v) is 13.8. The molecule has 0 radical (unpaired) electrons. The van der Waals surface area contributed by atoms with Gasteiger partial charge in [0.05, 0.1) is 23.7 Å². The molecule has 0 spiro atoms. The van der Waals surface area contributed by atoms with Gasteiger partial charge in [0.1, 0.15) is 0 Å². The summed E-state index contributed by atoms with van der Waals surface area (Å²) in [5, 5.41) is 4.51. The van der Waals surface area contributed by atoms with Gasteiger partial charge in [-0.3, -0.25) is 29.8 Å². The molecule has 0 aromatic carbocycles. The third kappa shape index (κ3) is 3.72. The molecule has 3 rings (SSSR count). The summed E-state index contributed by atoms with van der Waals surface area (Å²) in [6, 6.07) is 0. The van der Waals surface area contributed by atoms with E-state index in [-0.39, 0.29) is 23.6 Å². The van der Waals surface area contributed by atoms with Crippen molar-refractivity contribution in [3.05, 3.63) is 0 Å². The van der Waals surface area contributed by atoms with Crippen molar-refractivity contribution in [1.29, 1.82) is 0 Å². The van der Waals surface area contributed by atoms with Crippen molar-refractivity contribution >= 4 is 23.6 Å². The maximum Gasteiger partial charge on any atom is 0.230 e. The fourth-order valence-corrected chi connectivity index (χ4v) is 2.98. The maximum absolute atomic E-state index is 11.4. The summed E-state index contributed by atoms with van der Waals surface area (Å²) in [5.41, 5.74) is 0. The van der Waals surface area contributed by atoms with Crippen molar-refractivity contribution < 1.29 is 19.2 Å². The van der Waals surface area contributed by atoms with Crippen LogP contribution in [-0.2, 0) is 19.2 Å². The van der Waals surface area contributed by atoms with Crippen molar-refractivity contribution in [2.24, 2.45) is 23.7 Å². The number of carbonyl (C=O) groups excluding carboxylic acids is 4. The molecule has 124 valence electrons. The molecule has 2 aliphatic heterocycles. The van der Waals surface area contributed by atoms with Crippen LogP contribution in [0.5, 0.6) is 0 Å². The molecular formula is C16H26N2O4. The molecule has 2 heterocycles. The number of fused-ring (bicyclic) bond motifs is 2. The topological polar surface area (TPSA) is 92.3 Å². The summed E-state index contributed by atoms with van der Waals surface area (Å²) >= 11 is 0. The monoisotopic (exact) mass is 310 g/mol. The Hall–Kier alpha value is -1.72. The van der Waals surface area contributed by atoms with E-state index in [2.05, 4.69) is 38.3 Å². The lowest BCUT2D eigenvalue weighted by atomic mass is 9.70. The van der Waals surface area contributed by atoms with E-state index in [1.54, 1.807) is 0 Å². The molecule has 3 fully saturated rings. The second kappa shape index (κ2) is 8.06. The number of rotatable bonds is 0. The summed E-state index contributed by atoms with van der Waals surface area (Å²) < 4.78 is 0. The van der Waals surface area contributed by atoms with Crippen LogP contribution in [0.2, 0.25) is 0 Å². The third-order valence-corrected chi connectivity index (χ3v) is 3.83. The Bertz CT molecular complexity index is 383. The zero-order chi connectivity index (χ0) is 16.9. The number of nitrogens with one attached hydrogen (secondary N) is 2. The minimum Gasteiger partial charge on any atom is -0.296 e. The molecule has 0 aromatic heterocycles. The summed E-state index contributed by atoms with van der Waals surface area (Å²) in [6.07, 6.45) is 3.12. The largest absolute Gasteiger partial charge is 0.296 e. The highest BCUT2D eigenvalue weighted by Crippen LogP contribution is 2.43. The average Bonchev–Trinajstić information content (AvgIpc) is 2.89. The third-order valence-electron chi connectivity index (χ3n) is 3.83. The molecule has 2 saturated heterocycles. The number of imide groups is 2. The van der Waals surface area contributed by atoms with Gasteiger partial charge in [0.25, 0.3) is 0 Å². The molecule has 22 heavy (non-hydrogen) atoms. The highest BCUT2D eigenvalue weighted by molar-refractivity contribution is 6.09. The quantitative estimate of drug-likeness (QED) is 0.661. The van der Waals surface area contributed by atoms with Crippen LogP contribution in [0, 0.1) is 23.7 Å². The van der Waals surface area contributed by atoms with Crippen LogP contribution < -0.4 is 10.6 Å². The Kier molecular flexibility index (Phi) is 6.71. The van der Waals surface area contributed by atoms with E-state index in [1.165, 1.54) is 12.8 Å². The fourth-order valence-electron chi connectivity index (χ4n) is 2.98. The SMILES string of the molecule is CCC.CCC.O=C1NC(=O)C2CC3C(=O)NC(=O)C3CC12. The van der Waals surface area contributed by atoms with Gasteiger partial charge in [0, 0.05) is 0 Å². The van der Waals surface area contributed by atoms with E-state index in [9.17, 15) is 19.2 Å². The van der Waals surface area contributed by atoms with Gasteiger partial charge in [-0.25, -0.2) is 0 Å². The lowest BCUT2D eigenvalue weighted by Crippen LogP contribution is -2.35. The number of carbonyl (C=O) groups is 4. The summed E-state index contributed by atoms with van der Waals surface area (Å²) in [7, 11) is 0. The first-order valence-electron chi connectivity index (χ1n) is 8.10. The van der Waals surface area contributed by atoms with Gasteiger partial charge in [0.15, 0.2) is 0 Å². The van der Waals surface area contributed by atoms with E-state index in [1.807, 2.05) is 0 Å². The van der Waals surface area contributed by atoms with Crippen molar-refractivity contribution in [3.8, 4) is 0 Å². The fraction of sp³-hybridized carbons (Fsp3) is 0.750. The van der Waals surface area contributed by atoms with E-state index in [4.69, 9.17) is 0 Å². The predicted molar refractivity (Wildman–Crippen MR) is 81.4 cm³/mol. The number of amides is 4. The molecule has 1 aliphatic carbocycles. The maximum atomic E-state index is 11.4. The van der Waals surface area contributed by atoms with Crippen molar-refractivity contribution in [3.63, 3.8) is 0 Å². The van der Waals surface area contributed by atoms with Crippen LogP contribution in [0.4, 0.5) is 0 Å². The van der Waals surface area contributed by atoms with E-state index in [0.717, 1.165) is 0 Å². The molecule has 4 unspecified atom stereocenters. The van der Waals surface area contributed by atoms with Gasteiger partial charge in [-0.05, 0) is 12.8 Å². The second-order valence-electron chi connectivity index (χ2n) is 6.02. The molecule has 6 nitrogen and oxygen atoms in total. The molecule has 3 aliphatic rings. The van der Waals surface area contributed by atoms with Crippen LogP contribution in [0.15, 0.2) is 0 Å². The summed E-state index contributed by atoms with van der Waals surface area (Å²) in [4.78, 5) is 45.8. The van der Waals surface area contributed by atoms with Crippen molar-refractivity contribution in [2.45, 2.75) is 53.4 Å². The molecule has 4 amide bonds. The zero-order valence-electron chi connectivity index (χ0n) is 13.8. The van der Waals surface area contributed by atoms with Gasteiger partial charge < -0.3 is 0 Å². The van der Waals surface area contributed by atoms with Crippen LogP contribution >= 0.6 is 0 Å². The van der Waals surface area contributed by atoms with Gasteiger partial charge in [-0.1, -0.05) is 40.5 Å². The van der Waals surface area contributed by atoms with Gasteiger partial charge >= 0.3 is 0 Å².